The molecule has 3 heterocycles. The lowest BCUT2D eigenvalue weighted by atomic mass is 10.1. The number of ketones is 1. The average molecular weight is 365 g/mol. The van der Waals surface area contributed by atoms with E-state index in [1.165, 1.54) is 0 Å². The molecule has 0 aliphatic heterocycles. The number of hydrogen-bond acceptors (Lipinski definition) is 7. The molecule has 3 rings (SSSR count). The van der Waals surface area contributed by atoms with Gasteiger partial charge < -0.3 is 11.1 Å². The molecule has 27 heavy (non-hydrogen) atoms. The third-order valence-corrected chi connectivity index (χ3v) is 3.67. The first-order valence-corrected chi connectivity index (χ1v) is 7.93. The zero-order valence-electron chi connectivity index (χ0n) is 14.0. The lowest BCUT2D eigenvalue weighted by Gasteiger charge is -2.15. The number of aromatic amines is 1. The lowest BCUT2D eigenvalue weighted by Crippen LogP contribution is -2.47. The van der Waals surface area contributed by atoms with Crippen molar-refractivity contribution in [3.8, 4) is 11.4 Å². The summed E-state index contributed by atoms with van der Waals surface area (Å²) in [5.41, 5.74) is 6.21. The van der Waals surface area contributed by atoms with Crippen LogP contribution in [0.25, 0.3) is 11.4 Å². The normalized spacial score (nSPS) is 11.6. The van der Waals surface area contributed by atoms with Gasteiger partial charge in [-0.25, -0.2) is 0 Å². The number of nitrogens with one attached hydrogen (secondary N) is 2. The van der Waals surface area contributed by atoms with E-state index in [4.69, 9.17) is 5.73 Å². The van der Waals surface area contributed by atoms with E-state index in [0.29, 0.717) is 11.4 Å². The van der Waals surface area contributed by atoms with Crippen molar-refractivity contribution in [2.24, 2.45) is 5.73 Å². The zero-order valence-corrected chi connectivity index (χ0v) is 14.0. The third-order valence-electron chi connectivity index (χ3n) is 3.67. The van der Waals surface area contributed by atoms with Gasteiger partial charge in [-0.1, -0.05) is 12.1 Å². The van der Waals surface area contributed by atoms with E-state index >= 15 is 0 Å². The maximum atomic E-state index is 12.6. The van der Waals surface area contributed by atoms with E-state index < -0.39 is 23.6 Å². The first-order valence-electron chi connectivity index (χ1n) is 7.93. The minimum absolute atomic E-state index is 0.00508. The van der Waals surface area contributed by atoms with Crippen LogP contribution in [0, 0.1) is 0 Å². The first kappa shape index (κ1) is 17.9. The Morgan fingerprint density at radius 2 is 1.78 bits per heavy atom. The van der Waals surface area contributed by atoms with Crippen molar-refractivity contribution in [2.45, 2.75) is 12.5 Å². The number of rotatable bonds is 7. The van der Waals surface area contributed by atoms with Gasteiger partial charge in [0, 0.05) is 24.5 Å². The quantitative estimate of drug-likeness (QED) is 0.483. The van der Waals surface area contributed by atoms with E-state index in [1.54, 1.807) is 48.8 Å². The summed E-state index contributed by atoms with van der Waals surface area (Å²) in [7, 11) is 0. The molecule has 4 N–H and O–H groups in total. The Balaban J connectivity index is 1.84. The first-order chi connectivity index (χ1) is 13.1. The van der Waals surface area contributed by atoms with Crippen LogP contribution >= 0.6 is 0 Å². The fourth-order valence-electron chi connectivity index (χ4n) is 2.41. The van der Waals surface area contributed by atoms with E-state index in [0.717, 1.165) is 0 Å². The van der Waals surface area contributed by atoms with Crippen LogP contribution in [0.2, 0.25) is 0 Å². The number of amides is 2. The van der Waals surface area contributed by atoms with Gasteiger partial charge in [0.1, 0.15) is 11.7 Å². The van der Waals surface area contributed by atoms with Crippen molar-refractivity contribution in [1.29, 1.82) is 0 Å². The van der Waals surface area contributed by atoms with Gasteiger partial charge in [-0.2, -0.15) is 15.4 Å². The minimum atomic E-state index is -1.18. The Morgan fingerprint density at radius 3 is 2.41 bits per heavy atom. The van der Waals surface area contributed by atoms with Crippen LogP contribution in [-0.2, 0) is 16.0 Å². The molecule has 10 heteroatoms. The van der Waals surface area contributed by atoms with Gasteiger partial charge in [-0.3, -0.25) is 24.4 Å². The fourth-order valence-corrected chi connectivity index (χ4v) is 2.41. The number of nitrogens with two attached hydrogens (primary N) is 1. The van der Waals surface area contributed by atoms with Crippen LogP contribution in [0.15, 0.2) is 48.8 Å². The van der Waals surface area contributed by atoms with Crippen LogP contribution < -0.4 is 11.1 Å². The molecular formula is C17H15N7O3. The predicted octanol–water partition coefficient (Wildman–Crippen LogP) is -0.343. The van der Waals surface area contributed by atoms with Crippen molar-refractivity contribution < 1.29 is 14.4 Å². The highest BCUT2D eigenvalue weighted by molar-refractivity contribution is 6.38. The number of Topliss-reactive ketones (excluding diaryl/α,β-unsaturated/α-hetero) is 1. The molecule has 10 nitrogen and oxygen atoms in total. The predicted molar refractivity (Wildman–Crippen MR) is 93.0 cm³/mol. The Hall–Kier alpha value is -3.95. The number of nitrogens with zero attached hydrogens (tertiary/aromatic N) is 4. The third kappa shape index (κ3) is 4.18. The Kier molecular flexibility index (Phi) is 5.26. The molecule has 3 aromatic rings. The van der Waals surface area contributed by atoms with Crippen molar-refractivity contribution in [3.05, 3.63) is 60.2 Å². The highest BCUT2D eigenvalue weighted by Crippen LogP contribution is 2.16. The molecule has 0 aliphatic rings. The second kappa shape index (κ2) is 7.95. The highest BCUT2D eigenvalue weighted by atomic mass is 16.2. The van der Waals surface area contributed by atoms with Crippen LogP contribution in [0.1, 0.15) is 16.2 Å². The van der Waals surface area contributed by atoms with Gasteiger partial charge in [0.05, 0.1) is 5.69 Å². The molecule has 3 aromatic heterocycles. The maximum Gasteiger partial charge on any atom is 0.287 e. The van der Waals surface area contributed by atoms with Gasteiger partial charge >= 0.3 is 0 Å². The van der Waals surface area contributed by atoms with Crippen LogP contribution in [0.5, 0.6) is 0 Å². The van der Waals surface area contributed by atoms with E-state index in [9.17, 15) is 14.4 Å². The summed E-state index contributed by atoms with van der Waals surface area (Å²) in [6.07, 6.45) is 3.09. The molecule has 0 fully saturated rings. The van der Waals surface area contributed by atoms with Gasteiger partial charge in [0.25, 0.3) is 11.8 Å². The minimum Gasteiger partial charge on any atom is -0.363 e. The smallest absolute Gasteiger partial charge is 0.287 e. The molecule has 0 aliphatic carbocycles. The molecule has 0 aromatic carbocycles. The summed E-state index contributed by atoms with van der Waals surface area (Å²) in [5, 5.41) is 12.6. The number of hydrogen-bond donors (Lipinski definition) is 3. The number of pyridine rings is 2. The van der Waals surface area contributed by atoms with Gasteiger partial charge in [-0.05, 0) is 24.3 Å². The monoisotopic (exact) mass is 365 g/mol. The van der Waals surface area contributed by atoms with Crippen LogP contribution in [-0.4, -0.2) is 49.0 Å². The largest absolute Gasteiger partial charge is 0.363 e. The molecule has 2 amide bonds. The molecule has 1 unspecified atom stereocenters. The molecule has 0 saturated carbocycles. The molecule has 1 atom stereocenters. The highest BCUT2D eigenvalue weighted by Gasteiger charge is 2.28. The van der Waals surface area contributed by atoms with Gasteiger partial charge in [-0.15, -0.1) is 0 Å². The molecule has 136 valence electrons. The standard InChI is InChI=1S/C17H15N7O3/c18-16(26)15(25)12(9-10-5-1-3-7-19-10)21-17(27)14-13(22-24-23-14)11-6-2-4-8-20-11/h1-8,12H,9H2,(H2,18,26)(H,21,27)(H,22,23,24). The van der Waals surface area contributed by atoms with E-state index in [2.05, 4.69) is 30.7 Å². The number of aromatic nitrogens is 5. The number of H-pyrrole nitrogens is 1. The number of carbonyl (C=O) groups is 3. The van der Waals surface area contributed by atoms with E-state index in [1.807, 2.05) is 0 Å². The van der Waals surface area contributed by atoms with Crippen molar-refractivity contribution in [3.63, 3.8) is 0 Å². The summed E-state index contributed by atoms with van der Waals surface area (Å²) in [5.74, 6) is -2.78. The molecule has 0 saturated heterocycles. The maximum absolute atomic E-state index is 12.6. The fraction of sp³-hybridized carbons (Fsp3) is 0.118. The number of primary amides is 1. The summed E-state index contributed by atoms with van der Waals surface area (Å²) in [4.78, 5) is 44.3. The molecular weight excluding hydrogens is 350 g/mol. The van der Waals surface area contributed by atoms with Gasteiger partial charge in [0.15, 0.2) is 5.69 Å². The second-order valence-electron chi connectivity index (χ2n) is 5.52. The Morgan fingerprint density at radius 1 is 1.04 bits per heavy atom. The number of carbonyl (C=O) groups excluding carboxylic acids is 3. The SMILES string of the molecule is NC(=O)C(=O)C(Cc1ccccn1)NC(=O)c1n[nH]nc1-c1ccccn1. The zero-order chi connectivity index (χ0) is 19.2. The van der Waals surface area contributed by atoms with Crippen LogP contribution in [0.3, 0.4) is 0 Å². The molecule has 0 radical (unpaired) electrons. The van der Waals surface area contributed by atoms with E-state index in [-0.39, 0.29) is 17.8 Å². The molecule has 0 spiro atoms. The van der Waals surface area contributed by atoms with Gasteiger partial charge in [0.2, 0.25) is 5.78 Å². The van der Waals surface area contributed by atoms with Crippen molar-refractivity contribution in [2.75, 3.05) is 0 Å². The Labute approximate surface area is 153 Å². The second-order valence-corrected chi connectivity index (χ2v) is 5.52. The topological polar surface area (TPSA) is 157 Å². The lowest BCUT2D eigenvalue weighted by molar-refractivity contribution is -0.137. The summed E-state index contributed by atoms with van der Waals surface area (Å²) in [6, 6.07) is 9.04. The molecule has 0 bridgehead atoms. The van der Waals surface area contributed by atoms with Crippen molar-refractivity contribution in [1.82, 2.24) is 30.7 Å². The summed E-state index contributed by atoms with van der Waals surface area (Å²) >= 11 is 0. The van der Waals surface area contributed by atoms with Crippen LogP contribution in [0.4, 0.5) is 0 Å². The average Bonchev–Trinajstić information content (AvgIpc) is 3.18. The Bertz CT molecular complexity index is 957. The summed E-state index contributed by atoms with van der Waals surface area (Å²) in [6.45, 7) is 0. The van der Waals surface area contributed by atoms with Crippen molar-refractivity contribution >= 4 is 17.6 Å². The summed E-state index contributed by atoms with van der Waals surface area (Å²) < 4.78 is 0.